The van der Waals surface area contributed by atoms with Crippen molar-refractivity contribution in [2.45, 2.75) is 70.5 Å². The SMILES string of the molecule is CC1CC(c2cccc(-c3cnc4c(C(F)(F)F)cc(C(C)(C)N5CCC[C@H](C)C5)cn4c3=O)c2)(c2nncn2C)C1. The second-order valence-electron chi connectivity index (χ2n) is 13.0. The summed E-state index contributed by atoms with van der Waals surface area (Å²) < 4.78 is 46.2. The summed E-state index contributed by atoms with van der Waals surface area (Å²) in [6, 6.07) is 8.85. The summed E-state index contributed by atoms with van der Waals surface area (Å²) in [5.41, 5.74) is -0.549. The van der Waals surface area contributed by atoms with Gasteiger partial charge in [0.2, 0.25) is 0 Å². The van der Waals surface area contributed by atoms with Gasteiger partial charge in [0.25, 0.3) is 5.56 Å². The first-order valence-electron chi connectivity index (χ1n) is 14.6. The van der Waals surface area contributed by atoms with Crippen molar-refractivity contribution in [3.63, 3.8) is 0 Å². The molecule has 1 aliphatic carbocycles. The average Bonchev–Trinajstić information content (AvgIpc) is 3.36. The van der Waals surface area contributed by atoms with Gasteiger partial charge in [-0.3, -0.25) is 14.1 Å². The number of aromatic nitrogens is 5. The van der Waals surface area contributed by atoms with Gasteiger partial charge in [0.05, 0.1) is 16.5 Å². The molecule has 2 aliphatic rings. The second kappa shape index (κ2) is 10.0. The van der Waals surface area contributed by atoms with E-state index in [1.165, 1.54) is 12.3 Å². The van der Waals surface area contributed by atoms with Gasteiger partial charge in [-0.05, 0) is 86.7 Å². The molecule has 4 aromatic rings. The minimum atomic E-state index is -4.67. The summed E-state index contributed by atoms with van der Waals surface area (Å²) in [6.07, 6.45) is 3.72. The van der Waals surface area contributed by atoms with Gasteiger partial charge >= 0.3 is 6.18 Å². The molecule has 0 radical (unpaired) electrons. The zero-order valence-electron chi connectivity index (χ0n) is 24.7. The van der Waals surface area contributed by atoms with Crippen molar-refractivity contribution in [2.24, 2.45) is 18.9 Å². The lowest BCUT2D eigenvalue weighted by Gasteiger charge is -2.46. The molecule has 4 heterocycles. The number of pyridine rings is 1. The highest BCUT2D eigenvalue weighted by atomic mass is 19.4. The lowest BCUT2D eigenvalue weighted by atomic mass is 9.58. The molecular formula is C32H37F3N6O. The molecule has 1 atom stereocenters. The van der Waals surface area contributed by atoms with Crippen molar-refractivity contribution in [2.75, 3.05) is 13.1 Å². The Morgan fingerprint density at radius 3 is 2.48 bits per heavy atom. The quantitative estimate of drug-likeness (QED) is 0.283. The predicted octanol–water partition coefficient (Wildman–Crippen LogP) is 6.19. The standard InChI is InChI=1S/C32H37F3N6O/c1-20-8-7-11-40(17-20)30(3,4)24-13-26(32(33,34)35)27-36-16-25(28(42)41(27)18-24)22-9-6-10-23(12-22)31(14-21(2)15-31)29-38-37-19-39(29)5/h6,9-10,12-13,16,18-21H,7-8,11,14-15,17H2,1-5H3/t20-,21?,31?/m0/s1. The van der Waals surface area contributed by atoms with Crippen LogP contribution in [0, 0.1) is 11.8 Å². The maximum Gasteiger partial charge on any atom is 0.419 e. The summed E-state index contributed by atoms with van der Waals surface area (Å²) in [7, 11) is 1.92. The lowest BCUT2D eigenvalue weighted by Crippen LogP contribution is -2.47. The first kappa shape index (κ1) is 28.6. The van der Waals surface area contributed by atoms with Gasteiger partial charge in [-0.15, -0.1) is 10.2 Å². The molecule has 2 fully saturated rings. The molecule has 6 rings (SSSR count). The van der Waals surface area contributed by atoms with E-state index in [9.17, 15) is 18.0 Å². The molecule has 10 heteroatoms. The van der Waals surface area contributed by atoms with E-state index in [0.29, 0.717) is 23.0 Å². The molecule has 0 unspecified atom stereocenters. The van der Waals surface area contributed by atoms with Gasteiger partial charge in [0, 0.05) is 31.5 Å². The Balaban J connectivity index is 1.49. The maximum atomic E-state index is 14.4. The van der Waals surface area contributed by atoms with Gasteiger partial charge in [0.1, 0.15) is 12.2 Å². The summed E-state index contributed by atoms with van der Waals surface area (Å²) in [5, 5.41) is 8.51. The minimum Gasteiger partial charge on any atom is -0.320 e. The van der Waals surface area contributed by atoms with Crippen LogP contribution in [-0.2, 0) is 24.2 Å². The first-order chi connectivity index (χ1) is 19.8. The fraction of sp³-hybridized carbons (Fsp3) is 0.500. The second-order valence-corrected chi connectivity index (χ2v) is 13.0. The number of aryl methyl sites for hydroxylation is 1. The number of hydrogen-bond acceptors (Lipinski definition) is 5. The van der Waals surface area contributed by atoms with Gasteiger partial charge in [-0.2, -0.15) is 13.2 Å². The average molecular weight is 579 g/mol. The van der Waals surface area contributed by atoms with Crippen molar-refractivity contribution in [3.8, 4) is 11.1 Å². The molecular weight excluding hydrogens is 541 g/mol. The topological polar surface area (TPSA) is 68.3 Å². The number of halogens is 3. The van der Waals surface area contributed by atoms with Crippen LogP contribution >= 0.6 is 0 Å². The van der Waals surface area contributed by atoms with Gasteiger partial charge in [-0.25, -0.2) is 4.98 Å². The fourth-order valence-electron chi connectivity index (χ4n) is 7.18. The summed E-state index contributed by atoms with van der Waals surface area (Å²) in [6.45, 7) is 9.81. The molecule has 1 aliphatic heterocycles. The molecule has 0 amide bonds. The number of nitrogens with zero attached hydrogens (tertiary/aromatic N) is 6. The Labute approximate surface area is 243 Å². The van der Waals surface area contributed by atoms with Crippen LogP contribution < -0.4 is 5.56 Å². The molecule has 1 saturated carbocycles. The number of piperidine rings is 1. The van der Waals surface area contributed by atoms with Crippen LogP contribution in [0.3, 0.4) is 0 Å². The van der Waals surface area contributed by atoms with E-state index in [0.717, 1.165) is 54.6 Å². The number of benzene rings is 1. The maximum absolute atomic E-state index is 14.4. The predicted molar refractivity (Wildman–Crippen MR) is 155 cm³/mol. The highest BCUT2D eigenvalue weighted by molar-refractivity contribution is 5.66. The number of rotatable bonds is 5. The van der Waals surface area contributed by atoms with Crippen LogP contribution in [0.5, 0.6) is 0 Å². The third-order valence-corrected chi connectivity index (χ3v) is 9.52. The molecule has 0 bridgehead atoms. The Hall–Kier alpha value is -3.53. The van der Waals surface area contributed by atoms with Gasteiger partial charge in [-0.1, -0.05) is 32.0 Å². The molecule has 0 spiro atoms. The zero-order valence-corrected chi connectivity index (χ0v) is 24.7. The number of likely N-dealkylation sites (tertiary alicyclic amines) is 1. The number of hydrogen-bond donors (Lipinski definition) is 0. The minimum absolute atomic E-state index is 0.254. The Morgan fingerprint density at radius 2 is 1.83 bits per heavy atom. The van der Waals surface area contributed by atoms with E-state index >= 15 is 0 Å². The molecule has 1 aromatic carbocycles. The van der Waals surface area contributed by atoms with E-state index in [1.54, 1.807) is 12.5 Å². The smallest absolute Gasteiger partial charge is 0.320 e. The Kier molecular flexibility index (Phi) is 6.83. The van der Waals surface area contributed by atoms with Crippen molar-refractivity contribution in [1.82, 2.24) is 29.0 Å². The Bertz CT molecular complexity index is 1700. The number of alkyl halides is 3. The molecule has 7 nitrogen and oxygen atoms in total. The van der Waals surface area contributed by atoms with Crippen LogP contribution in [0.4, 0.5) is 13.2 Å². The largest absolute Gasteiger partial charge is 0.419 e. The van der Waals surface area contributed by atoms with Crippen molar-refractivity contribution >= 4 is 5.65 Å². The Morgan fingerprint density at radius 1 is 1.07 bits per heavy atom. The molecule has 222 valence electrons. The van der Waals surface area contributed by atoms with E-state index in [2.05, 4.69) is 33.9 Å². The van der Waals surface area contributed by atoms with Crippen LogP contribution in [0.15, 0.2) is 53.8 Å². The lowest BCUT2D eigenvalue weighted by molar-refractivity contribution is -0.136. The number of fused-ring (bicyclic) bond motifs is 1. The molecule has 3 aromatic heterocycles. The van der Waals surface area contributed by atoms with Crippen LogP contribution in [0.25, 0.3) is 16.8 Å². The van der Waals surface area contributed by atoms with Crippen LogP contribution in [0.2, 0.25) is 0 Å². The van der Waals surface area contributed by atoms with E-state index in [1.807, 2.05) is 49.7 Å². The fourth-order valence-corrected chi connectivity index (χ4v) is 7.18. The van der Waals surface area contributed by atoms with Crippen molar-refractivity contribution in [3.05, 3.63) is 81.9 Å². The van der Waals surface area contributed by atoms with Gasteiger partial charge < -0.3 is 4.57 Å². The van der Waals surface area contributed by atoms with E-state index in [4.69, 9.17) is 0 Å². The zero-order chi connectivity index (χ0) is 30.0. The van der Waals surface area contributed by atoms with Crippen LogP contribution in [0.1, 0.15) is 75.9 Å². The molecule has 42 heavy (non-hydrogen) atoms. The monoisotopic (exact) mass is 578 g/mol. The molecule has 1 saturated heterocycles. The van der Waals surface area contributed by atoms with Crippen LogP contribution in [-0.4, -0.2) is 42.1 Å². The highest BCUT2D eigenvalue weighted by Crippen LogP contribution is 2.51. The van der Waals surface area contributed by atoms with Gasteiger partial charge in [0.15, 0.2) is 5.65 Å². The normalized spacial score (nSPS) is 23.7. The summed E-state index contributed by atoms with van der Waals surface area (Å²) in [4.78, 5) is 20.5. The summed E-state index contributed by atoms with van der Waals surface area (Å²) >= 11 is 0. The van der Waals surface area contributed by atoms with E-state index in [-0.39, 0.29) is 16.6 Å². The highest BCUT2D eigenvalue weighted by Gasteiger charge is 2.48. The first-order valence-corrected chi connectivity index (χ1v) is 14.6. The van der Waals surface area contributed by atoms with Crippen molar-refractivity contribution < 1.29 is 13.2 Å². The van der Waals surface area contributed by atoms with Crippen molar-refractivity contribution in [1.29, 1.82) is 0 Å². The summed E-state index contributed by atoms with van der Waals surface area (Å²) in [5.74, 6) is 1.82. The third kappa shape index (κ3) is 4.64. The van der Waals surface area contributed by atoms with E-state index < -0.39 is 22.8 Å². The molecule has 0 N–H and O–H groups in total. The third-order valence-electron chi connectivity index (χ3n) is 9.52.